The maximum atomic E-state index is 6.16. The summed E-state index contributed by atoms with van der Waals surface area (Å²) in [6, 6.07) is 16.4. The van der Waals surface area contributed by atoms with E-state index in [1.165, 1.54) is 11.1 Å². The summed E-state index contributed by atoms with van der Waals surface area (Å²) in [6.07, 6.45) is 8.46. The molecule has 118 valence electrons. The second kappa shape index (κ2) is 6.74. The highest BCUT2D eigenvalue weighted by molar-refractivity contribution is 5.50. The summed E-state index contributed by atoms with van der Waals surface area (Å²) in [7, 11) is 0. The predicted octanol–water partition coefficient (Wildman–Crippen LogP) is 5.40. The molecule has 1 atom stereocenters. The van der Waals surface area contributed by atoms with Crippen molar-refractivity contribution in [1.29, 1.82) is 0 Å². The molecule has 0 amide bonds. The van der Waals surface area contributed by atoms with E-state index in [9.17, 15) is 0 Å². The number of hydrogen-bond acceptors (Lipinski definition) is 2. The number of hydrogen-bond donors (Lipinski definition) is 0. The van der Waals surface area contributed by atoms with Crippen LogP contribution < -0.4 is 9.47 Å². The van der Waals surface area contributed by atoms with Crippen molar-refractivity contribution in [3.8, 4) is 11.5 Å². The Labute approximate surface area is 138 Å². The zero-order valence-electron chi connectivity index (χ0n) is 13.5. The van der Waals surface area contributed by atoms with Crippen LogP contribution in [-0.2, 0) is 6.42 Å². The Morgan fingerprint density at radius 3 is 2.57 bits per heavy atom. The van der Waals surface area contributed by atoms with Gasteiger partial charge < -0.3 is 9.47 Å². The first-order chi connectivity index (χ1) is 11.2. The van der Waals surface area contributed by atoms with Crippen LogP contribution in [0.2, 0.25) is 0 Å². The lowest BCUT2D eigenvalue weighted by Crippen LogP contribution is -2.37. The van der Waals surface area contributed by atoms with Gasteiger partial charge in [0.15, 0.2) is 11.5 Å². The van der Waals surface area contributed by atoms with Crippen LogP contribution in [0.15, 0.2) is 67.3 Å². The fourth-order valence-corrected chi connectivity index (χ4v) is 2.74. The van der Waals surface area contributed by atoms with Gasteiger partial charge in [-0.25, -0.2) is 0 Å². The van der Waals surface area contributed by atoms with Crippen molar-refractivity contribution >= 4 is 6.08 Å². The molecule has 23 heavy (non-hydrogen) atoms. The minimum absolute atomic E-state index is 0.597. The maximum Gasteiger partial charge on any atom is 0.254 e. The monoisotopic (exact) mass is 306 g/mol. The molecule has 0 bridgehead atoms. The van der Waals surface area contributed by atoms with Gasteiger partial charge in [-0.15, -0.1) is 6.58 Å². The quantitative estimate of drug-likeness (QED) is 0.666. The first-order valence-electron chi connectivity index (χ1n) is 8.08. The third-order valence-electron chi connectivity index (χ3n) is 4.06. The van der Waals surface area contributed by atoms with E-state index in [4.69, 9.17) is 9.47 Å². The number of rotatable bonds is 6. The van der Waals surface area contributed by atoms with Crippen LogP contribution >= 0.6 is 0 Å². The summed E-state index contributed by atoms with van der Waals surface area (Å²) in [6.45, 7) is 5.87. The third-order valence-corrected chi connectivity index (χ3v) is 4.06. The largest absolute Gasteiger partial charge is 0.448 e. The van der Waals surface area contributed by atoms with Crippen molar-refractivity contribution in [3.63, 3.8) is 0 Å². The smallest absolute Gasteiger partial charge is 0.254 e. The third kappa shape index (κ3) is 3.48. The summed E-state index contributed by atoms with van der Waals surface area (Å²) >= 11 is 0. The SMILES string of the molecule is C=CCc1ccc2c(c1)OC(CC)(CC=Cc1ccccc1)O2. The zero-order chi connectivity index (χ0) is 16.1. The van der Waals surface area contributed by atoms with Crippen LogP contribution in [0.4, 0.5) is 0 Å². The van der Waals surface area contributed by atoms with Crippen LogP contribution in [0.1, 0.15) is 30.9 Å². The van der Waals surface area contributed by atoms with Gasteiger partial charge in [0.2, 0.25) is 0 Å². The van der Waals surface area contributed by atoms with Crippen molar-refractivity contribution < 1.29 is 9.47 Å². The van der Waals surface area contributed by atoms with E-state index in [1.54, 1.807) is 0 Å². The Balaban J connectivity index is 1.73. The molecule has 2 heteroatoms. The molecule has 2 nitrogen and oxygen atoms in total. The van der Waals surface area contributed by atoms with E-state index in [1.807, 2.05) is 30.3 Å². The summed E-state index contributed by atoms with van der Waals surface area (Å²) in [4.78, 5) is 0. The minimum atomic E-state index is -0.597. The molecule has 0 spiro atoms. The van der Waals surface area contributed by atoms with Crippen molar-refractivity contribution in [2.24, 2.45) is 0 Å². The molecule has 2 aromatic rings. The van der Waals surface area contributed by atoms with Crippen LogP contribution in [0.5, 0.6) is 11.5 Å². The Hall–Kier alpha value is -2.48. The van der Waals surface area contributed by atoms with Crippen LogP contribution in [-0.4, -0.2) is 5.79 Å². The molecule has 2 aromatic carbocycles. The van der Waals surface area contributed by atoms with Gasteiger partial charge in [-0.1, -0.05) is 61.5 Å². The van der Waals surface area contributed by atoms with E-state index >= 15 is 0 Å². The van der Waals surface area contributed by atoms with Crippen LogP contribution in [0, 0.1) is 0 Å². The topological polar surface area (TPSA) is 18.5 Å². The molecule has 1 aliphatic rings. The molecule has 0 aromatic heterocycles. The molecule has 0 aliphatic carbocycles. The van der Waals surface area contributed by atoms with E-state index < -0.39 is 5.79 Å². The van der Waals surface area contributed by atoms with Crippen molar-refractivity contribution in [2.45, 2.75) is 32.0 Å². The lowest BCUT2D eigenvalue weighted by molar-refractivity contribution is -0.0785. The molecule has 0 fully saturated rings. The number of benzene rings is 2. The van der Waals surface area contributed by atoms with Gasteiger partial charge in [0.05, 0.1) is 0 Å². The van der Waals surface area contributed by atoms with E-state index in [0.717, 1.165) is 24.3 Å². The number of ether oxygens (including phenoxy) is 2. The molecule has 0 N–H and O–H groups in total. The molecule has 0 saturated carbocycles. The normalized spacial score (nSPS) is 19.2. The van der Waals surface area contributed by atoms with Gasteiger partial charge in [-0.2, -0.15) is 0 Å². The minimum Gasteiger partial charge on any atom is -0.448 e. The zero-order valence-corrected chi connectivity index (χ0v) is 13.5. The Morgan fingerprint density at radius 2 is 1.83 bits per heavy atom. The molecule has 0 radical (unpaired) electrons. The first kappa shape index (κ1) is 15.4. The molecular formula is C21H22O2. The second-order valence-corrected chi connectivity index (χ2v) is 5.76. The molecule has 0 saturated heterocycles. The number of allylic oxidation sites excluding steroid dienone is 1. The van der Waals surface area contributed by atoms with Gasteiger partial charge in [0, 0.05) is 12.8 Å². The van der Waals surface area contributed by atoms with Gasteiger partial charge in [-0.3, -0.25) is 0 Å². The highest BCUT2D eigenvalue weighted by Crippen LogP contribution is 2.43. The summed E-state index contributed by atoms with van der Waals surface area (Å²) in [5, 5.41) is 0. The van der Waals surface area contributed by atoms with E-state index in [0.29, 0.717) is 6.42 Å². The molecule has 1 unspecified atom stereocenters. The van der Waals surface area contributed by atoms with Gasteiger partial charge in [0.1, 0.15) is 0 Å². The van der Waals surface area contributed by atoms with Gasteiger partial charge >= 0.3 is 0 Å². The average molecular weight is 306 g/mol. The fraction of sp³-hybridized carbons (Fsp3) is 0.238. The Kier molecular flexibility index (Phi) is 4.52. The van der Waals surface area contributed by atoms with E-state index in [2.05, 4.69) is 49.9 Å². The Bertz CT molecular complexity index is 703. The van der Waals surface area contributed by atoms with Crippen molar-refractivity contribution in [2.75, 3.05) is 0 Å². The molecule has 1 heterocycles. The highest BCUT2D eigenvalue weighted by Gasteiger charge is 2.38. The number of fused-ring (bicyclic) bond motifs is 1. The maximum absolute atomic E-state index is 6.16. The van der Waals surface area contributed by atoms with Gasteiger partial charge in [-0.05, 0) is 29.7 Å². The van der Waals surface area contributed by atoms with Crippen molar-refractivity contribution in [1.82, 2.24) is 0 Å². The standard InChI is InChI=1S/C21H22O2/c1-3-9-18-13-14-19-20(16-18)23-21(4-2,22-19)15-8-12-17-10-6-5-7-11-17/h3,5-8,10-14,16H,1,4,9,15H2,2H3. The summed E-state index contributed by atoms with van der Waals surface area (Å²) < 4.78 is 12.3. The summed E-state index contributed by atoms with van der Waals surface area (Å²) in [5.41, 5.74) is 2.37. The van der Waals surface area contributed by atoms with E-state index in [-0.39, 0.29) is 0 Å². The first-order valence-corrected chi connectivity index (χ1v) is 8.08. The molecule has 3 rings (SSSR count). The van der Waals surface area contributed by atoms with Gasteiger partial charge in [0.25, 0.3) is 5.79 Å². The van der Waals surface area contributed by atoms with Crippen molar-refractivity contribution in [3.05, 3.63) is 78.4 Å². The fourth-order valence-electron chi connectivity index (χ4n) is 2.74. The van der Waals surface area contributed by atoms with Crippen LogP contribution in [0.25, 0.3) is 6.08 Å². The Morgan fingerprint density at radius 1 is 1.04 bits per heavy atom. The lowest BCUT2D eigenvalue weighted by Gasteiger charge is -2.25. The predicted molar refractivity (Wildman–Crippen MR) is 94.7 cm³/mol. The summed E-state index contributed by atoms with van der Waals surface area (Å²) in [5.74, 6) is 1.06. The molecular weight excluding hydrogens is 284 g/mol. The lowest BCUT2D eigenvalue weighted by atomic mass is 10.1. The van der Waals surface area contributed by atoms with Crippen LogP contribution in [0.3, 0.4) is 0 Å². The highest BCUT2D eigenvalue weighted by atomic mass is 16.7. The second-order valence-electron chi connectivity index (χ2n) is 5.76. The molecule has 1 aliphatic heterocycles. The average Bonchev–Trinajstić information content (AvgIpc) is 2.94.